The lowest BCUT2D eigenvalue weighted by Gasteiger charge is -2.11. The van der Waals surface area contributed by atoms with Gasteiger partial charge in [-0.05, 0) is 48.4 Å². The standard InChI is InChI=1S/C22H22N2O4/c1-15-7-10-20(16(2)11-15)28-14-22(26)24-23-21(25)13-27-19-9-8-17-5-3-4-6-18(17)12-19/h3-12H,13-14H2,1-2H3,(H,23,25)(H,24,26). The van der Waals surface area contributed by atoms with Gasteiger partial charge in [0, 0.05) is 0 Å². The topological polar surface area (TPSA) is 76.7 Å². The molecular weight excluding hydrogens is 356 g/mol. The Morgan fingerprint density at radius 3 is 2.18 bits per heavy atom. The summed E-state index contributed by atoms with van der Waals surface area (Å²) in [6, 6.07) is 19.1. The molecule has 2 N–H and O–H groups in total. The van der Waals surface area contributed by atoms with Gasteiger partial charge in [-0.1, -0.05) is 48.0 Å². The maximum absolute atomic E-state index is 11.9. The minimum absolute atomic E-state index is 0.199. The molecule has 0 fully saturated rings. The van der Waals surface area contributed by atoms with Crippen molar-refractivity contribution >= 4 is 22.6 Å². The van der Waals surface area contributed by atoms with Crippen molar-refractivity contribution in [2.24, 2.45) is 0 Å². The Bertz CT molecular complexity index is 1000. The number of hydrogen-bond donors (Lipinski definition) is 2. The van der Waals surface area contributed by atoms with Gasteiger partial charge in [-0.25, -0.2) is 0 Å². The molecule has 144 valence electrons. The smallest absolute Gasteiger partial charge is 0.276 e. The number of ether oxygens (including phenoxy) is 2. The first-order valence-corrected chi connectivity index (χ1v) is 8.90. The summed E-state index contributed by atoms with van der Waals surface area (Å²) in [6.45, 7) is 3.48. The number of nitrogens with one attached hydrogen (secondary N) is 2. The van der Waals surface area contributed by atoms with Crippen LogP contribution in [-0.4, -0.2) is 25.0 Å². The summed E-state index contributed by atoms with van der Waals surface area (Å²) in [4.78, 5) is 23.7. The van der Waals surface area contributed by atoms with Gasteiger partial charge < -0.3 is 9.47 Å². The van der Waals surface area contributed by atoms with Crippen molar-refractivity contribution in [2.75, 3.05) is 13.2 Å². The molecule has 6 nitrogen and oxygen atoms in total. The Kier molecular flexibility index (Phi) is 6.11. The largest absolute Gasteiger partial charge is 0.484 e. The number of aryl methyl sites for hydroxylation is 2. The predicted octanol–water partition coefficient (Wildman–Crippen LogP) is 3.06. The molecule has 0 aromatic heterocycles. The number of fused-ring (bicyclic) bond motifs is 1. The third kappa shape index (κ3) is 5.23. The van der Waals surface area contributed by atoms with E-state index in [0.717, 1.165) is 21.9 Å². The van der Waals surface area contributed by atoms with Gasteiger partial charge in [0.2, 0.25) is 0 Å². The van der Waals surface area contributed by atoms with Crippen LogP contribution in [0.2, 0.25) is 0 Å². The van der Waals surface area contributed by atoms with Crippen LogP contribution >= 0.6 is 0 Å². The first-order chi connectivity index (χ1) is 13.5. The van der Waals surface area contributed by atoms with Gasteiger partial charge >= 0.3 is 0 Å². The fourth-order valence-corrected chi connectivity index (χ4v) is 2.72. The summed E-state index contributed by atoms with van der Waals surface area (Å²) in [6.07, 6.45) is 0. The summed E-state index contributed by atoms with van der Waals surface area (Å²) in [5.41, 5.74) is 6.68. The minimum Gasteiger partial charge on any atom is -0.484 e. The summed E-state index contributed by atoms with van der Waals surface area (Å²) in [7, 11) is 0. The molecule has 0 bridgehead atoms. The molecule has 2 amide bonds. The predicted molar refractivity (Wildman–Crippen MR) is 107 cm³/mol. The fraction of sp³-hybridized carbons (Fsp3) is 0.182. The molecule has 3 aromatic carbocycles. The number of carbonyl (C=O) groups is 2. The molecule has 0 aliphatic rings. The van der Waals surface area contributed by atoms with Gasteiger partial charge in [0.05, 0.1) is 0 Å². The summed E-state index contributed by atoms with van der Waals surface area (Å²) in [5.74, 6) is 0.289. The van der Waals surface area contributed by atoms with Crippen LogP contribution in [0, 0.1) is 13.8 Å². The zero-order chi connectivity index (χ0) is 19.9. The van der Waals surface area contributed by atoms with Crippen molar-refractivity contribution in [3.63, 3.8) is 0 Å². The van der Waals surface area contributed by atoms with Crippen LogP contribution in [0.3, 0.4) is 0 Å². The summed E-state index contributed by atoms with van der Waals surface area (Å²) < 4.78 is 10.9. The number of rotatable bonds is 6. The van der Waals surface area contributed by atoms with Crippen molar-refractivity contribution in [1.29, 1.82) is 0 Å². The molecule has 0 spiro atoms. The first kappa shape index (κ1) is 19.2. The third-order valence-corrected chi connectivity index (χ3v) is 4.12. The van der Waals surface area contributed by atoms with Gasteiger partial charge in [0.25, 0.3) is 11.8 Å². The summed E-state index contributed by atoms with van der Waals surface area (Å²) in [5, 5.41) is 2.12. The van der Waals surface area contributed by atoms with Crippen LogP contribution in [0.1, 0.15) is 11.1 Å². The second kappa shape index (κ2) is 8.90. The Morgan fingerprint density at radius 1 is 0.786 bits per heavy atom. The van der Waals surface area contributed by atoms with Crippen LogP contribution in [0.15, 0.2) is 60.7 Å². The van der Waals surface area contributed by atoms with E-state index < -0.39 is 11.8 Å². The lowest BCUT2D eigenvalue weighted by molar-refractivity contribution is -0.131. The average molecular weight is 378 g/mol. The van der Waals surface area contributed by atoms with Crippen molar-refractivity contribution in [2.45, 2.75) is 13.8 Å². The molecule has 0 unspecified atom stereocenters. The normalized spacial score (nSPS) is 10.4. The number of hydrogen-bond acceptors (Lipinski definition) is 4. The van der Waals surface area contributed by atoms with Crippen LogP contribution in [-0.2, 0) is 9.59 Å². The maximum atomic E-state index is 11.9. The van der Waals surface area contributed by atoms with E-state index in [4.69, 9.17) is 9.47 Å². The molecule has 6 heteroatoms. The molecule has 3 rings (SSSR count). The fourth-order valence-electron chi connectivity index (χ4n) is 2.72. The van der Waals surface area contributed by atoms with Gasteiger partial charge in [-0.15, -0.1) is 0 Å². The summed E-state index contributed by atoms with van der Waals surface area (Å²) >= 11 is 0. The number of carbonyl (C=O) groups excluding carboxylic acids is 2. The molecule has 0 atom stereocenters. The quantitative estimate of drug-likeness (QED) is 0.647. The SMILES string of the molecule is Cc1ccc(OCC(=O)NNC(=O)COc2ccc3ccccc3c2)c(C)c1. The second-order valence-corrected chi connectivity index (χ2v) is 6.45. The van der Waals surface area contributed by atoms with Gasteiger partial charge in [0.1, 0.15) is 11.5 Å². The average Bonchev–Trinajstić information content (AvgIpc) is 2.70. The van der Waals surface area contributed by atoms with Crippen molar-refractivity contribution in [1.82, 2.24) is 10.9 Å². The van der Waals surface area contributed by atoms with E-state index in [1.165, 1.54) is 0 Å². The molecule has 0 radical (unpaired) electrons. The van der Waals surface area contributed by atoms with E-state index in [0.29, 0.717) is 11.5 Å². The maximum Gasteiger partial charge on any atom is 0.276 e. The van der Waals surface area contributed by atoms with Gasteiger partial charge in [-0.2, -0.15) is 0 Å². The third-order valence-electron chi connectivity index (χ3n) is 4.12. The van der Waals surface area contributed by atoms with Crippen molar-refractivity contribution in [3.05, 3.63) is 71.8 Å². The lowest BCUT2D eigenvalue weighted by atomic mass is 10.1. The molecule has 3 aromatic rings. The first-order valence-electron chi connectivity index (χ1n) is 8.90. The van der Waals surface area contributed by atoms with Gasteiger partial charge in [-0.3, -0.25) is 20.4 Å². The Labute approximate surface area is 163 Å². The van der Waals surface area contributed by atoms with Crippen molar-refractivity contribution in [3.8, 4) is 11.5 Å². The minimum atomic E-state index is -0.465. The molecular formula is C22H22N2O4. The number of amides is 2. The monoisotopic (exact) mass is 378 g/mol. The highest BCUT2D eigenvalue weighted by atomic mass is 16.5. The van der Waals surface area contributed by atoms with Crippen LogP contribution in [0.25, 0.3) is 10.8 Å². The second-order valence-electron chi connectivity index (χ2n) is 6.45. The highest BCUT2D eigenvalue weighted by Crippen LogP contribution is 2.20. The Balaban J connectivity index is 1.41. The zero-order valence-corrected chi connectivity index (χ0v) is 15.8. The van der Waals surface area contributed by atoms with Gasteiger partial charge in [0.15, 0.2) is 13.2 Å². The van der Waals surface area contributed by atoms with E-state index in [9.17, 15) is 9.59 Å². The molecule has 0 saturated carbocycles. The van der Waals surface area contributed by atoms with Crippen LogP contribution in [0.4, 0.5) is 0 Å². The zero-order valence-electron chi connectivity index (χ0n) is 15.8. The van der Waals surface area contributed by atoms with Crippen LogP contribution < -0.4 is 20.3 Å². The van der Waals surface area contributed by atoms with E-state index in [-0.39, 0.29) is 13.2 Å². The lowest BCUT2D eigenvalue weighted by Crippen LogP contribution is -2.45. The molecule has 0 aliphatic carbocycles. The highest BCUT2D eigenvalue weighted by molar-refractivity contribution is 5.85. The molecule has 0 aliphatic heterocycles. The Hall–Kier alpha value is -3.54. The van der Waals surface area contributed by atoms with E-state index >= 15 is 0 Å². The van der Waals surface area contributed by atoms with E-state index in [1.807, 2.05) is 68.4 Å². The van der Waals surface area contributed by atoms with Crippen LogP contribution in [0.5, 0.6) is 11.5 Å². The number of hydrazine groups is 1. The number of benzene rings is 3. The van der Waals surface area contributed by atoms with E-state index in [2.05, 4.69) is 10.9 Å². The Morgan fingerprint density at radius 2 is 1.46 bits per heavy atom. The van der Waals surface area contributed by atoms with Crippen molar-refractivity contribution < 1.29 is 19.1 Å². The molecule has 0 heterocycles. The van der Waals surface area contributed by atoms with E-state index in [1.54, 1.807) is 6.07 Å². The molecule has 28 heavy (non-hydrogen) atoms. The highest BCUT2D eigenvalue weighted by Gasteiger charge is 2.08. The molecule has 0 saturated heterocycles.